The first kappa shape index (κ1) is 22.3. The summed E-state index contributed by atoms with van der Waals surface area (Å²) >= 11 is 0. The molecule has 0 aliphatic heterocycles. The number of hydrogen-bond donors (Lipinski definition) is 3. The third-order valence-corrected chi connectivity index (χ3v) is 5.12. The van der Waals surface area contributed by atoms with Crippen LogP contribution in [0.15, 0.2) is 37.3 Å². The molecule has 0 radical (unpaired) electrons. The van der Waals surface area contributed by atoms with Gasteiger partial charge in [0.15, 0.2) is 5.82 Å². The van der Waals surface area contributed by atoms with E-state index in [1.54, 1.807) is 4.52 Å². The number of rotatable bonds is 6. The van der Waals surface area contributed by atoms with Gasteiger partial charge in [0.25, 0.3) is 5.91 Å². The zero-order chi connectivity index (χ0) is 22.5. The molecule has 3 N–H and O–H groups in total. The average molecular weight is 421 g/mol. The van der Waals surface area contributed by atoms with E-state index in [4.69, 9.17) is 0 Å². The molecule has 2 heterocycles. The summed E-state index contributed by atoms with van der Waals surface area (Å²) in [6.45, 7) is 12.3. The highest BCUT2D eigenvalue weighted by Crippen LogP contribution is 2.29. The number of amides is 1. The highest BCUT2D eigenvalue weighted by molar-refractivity contribution is 5.96. The summed E-state index contributed by atoms with van der Waals surface area (Å²) in [5.41, 5.74) is 6.23. The minimum absolute atomic E-state index is 0.0372. The largest absolute Gasteiger partial charge is 0.388 e. The standard InChI is InChI=1S/C21H24N6O.C3H8/c1-12-5-6-15(21(28)25-16-7-8-16)9-18(12)26-20-19-13(2)17(14(3)22-4)10-27(19)24-11-23-20;1-3-2/h5-6,9-11,16,22H,3,7-8H2,1-2,4H3,(H,25,28)(H,23,24,26);3H2,1-2H3. The molecule has 1 aromatic carbocycles. The Morgan fingerprint density at radius 1 is 1.26 bits per heavy atom. The molecule has 4 rings (SSSR count). The van der Waals surface area contributed by atoms with Crippen molar-refractivity contribution in [2.45, 2.75) is 53.0 Å². The number of nitrogens with one attached hydrogen (secondary N) is 3. The molecular weight excluding hydrogens is 388 g/mol. The monoisotopic (exact) mass is 420 g/mol. The Balaban J connectivity index is 0.000000858. The van der Waals surface area contributed by atoms with Crippen LogP contribution in [0.25, 0.3) is 11.2 Å². The van der Waals surface area contributed by atoms with Gasteiger partial charge in [0, 0.05) is 41.8 Å². The van der Waals surface area contributed by atoms with Gasteiger partial charge in [0.2, 0.25) is 0 Å². The molecule has 1 aliphatic rings. The van der Waals surface area contributed by atoms with Crippen LogP contribution in [0.3, 0.4) is 0 Å². The second kappa shape index (κ2) is 9.64. The Kier molecular flexibility index (Phi) is 6.95. The number of benzene rings is 1. The van der Waals surface area contributed by atoms with Crippen LogP contribution in [-0.4, -0.2) is 33.6 Å². The van der Waals surface area contributed by atoms with E-state index < -0.39 is 0 Å². The van der Waals surface area contributed by atoms with E-state index in [0.29, 0.717) is 17.4 Å². The third-order valence-electron chi connectivity index (χ3n) is 5.12. The molecule has 1 amide bonds. The Morgan fingerprint density at radius 2 is 1.97 bits per heavy atom. The Hall–Kier alpha value is -3.35. The van der Waals surface area contributed by atoms with Gasteiger partial charge in [-0.3, -0.25) is 4.79 Å². The molecule has 0 saturated heterocycles. The van der Waals surface area contributed by atoms with E-state index in [9.17, 15) is 4.79 Å². The van der Waals surface area contributed by atoms with E-state index in [0.717, 1.165) is 46.4 Å². The van der Waals surface area contributed by atoms with Crippen LogP contribution in [0, 0.1) is 13.8 Å². The first-order chi connectivity index (χ1) is 14.9. The van der Waals surface area contributed by atoms with Gasteiger partial charge >= 0.3 is 0 Å². The number of carbonyl (C=O) groups is 1. The summed E-state index contributed by atoms with van der Waals surface area (Å²) in [4.78, 5) is 16.8. The summed E-state index contributed by atoms with van der Waals surface area (Å²) in [6, 6.07) is 6.00. The Morgan fingerprint density at radius 3 is 2.61 bits per heavy atom. The number of aryl methyl sites for hydroxylation is 2. The maximum absolute atomic E-state index is 12.4. The van der Waals surface area contributed by atoms with Crippen molar-refractivity contribution in [3.63, 3.8) is 0 Å². The van der Waals surface area contributed by atoms with Crippen LogP contribution >= 0.6 is 0 Å². The minimum Gasteiger partial charge on any atom is -0.388 e. The van der Waals surface area contributed by atoms with Crippen molar-refractivity contribution in [2.24, 2.45) is 0 Å². The molecule has 7 heteroatoms. The van der Waals surface area contributed by atoms with E-state index >= 15 is 0 Å². The molecule has 0 spiro atoms. The summed E-state index contributed by atoms with van der Waals surface area (Å²) in [5.74, 6) is 0.648. The van der Waals surface area contributed by atoms with Gasteiger partial charge in [-0.15, -0.1) is 0 Å². The fraction of sp³-hybridized carbons (Fsp3) is 0.375. The van der Waals surface area contributed by atoms with Crippen LogP contribution in [-0.2, 0) is 0 Å². The lowest BCUT2D eigenvalue weighted by molar-refractivity contribution is 0.0951. The Bertz CT molecular complexity index is 1100. The van der Waals surface area contributed by atoms with Crippen LogP contribution in [0.1, 0.15) is 60.2 Å². The molecule has 2 aromatic heterocycles. The zero-order valence-electron chi connectivity index (χ0n) is 19.0. The molecule has 31 heavy (non-hydrogen) atoms. The fourth-order valence-corrected chi connectivity index (χ4v) is 3.21. The minimum atomic E-state index is -0.0372. The fourth-order valence-electron chi connectivity index (χ4n) is 3.21. The predicted molar refractivity (Wildman–Crippen MR) is 127 cm³/mol. The molecule has 0 unspecified atom stereocenters. The lowest BCUT2D eigenvalue weighted by atomic mass is 10.1. The summed E-state index contributed by atoms with van der Waals surface area (Å²) < 4.78 is 1.79. The van der Waals surface area contributed by atoms with E-state index in [1.807, 2.05) is 45.3 Å². The van der Waals surface area contributed by atoms with Crippen molar-refractivity contribution in [2.75, 3.05) is 12.4 Å². The van der Waals surface area contributed by atoms with Crippen molar-refractivity contribution < 1.29 is 4.79 Å². The smallest absolute Gasteiger partial charge is 0.251 e. The first-order valence-electron chi connectivity index (χ1n) is 10.8. The molecule has 164 valence electrons. The number of fused-ring (bicyclic) bond motifs is 1. The van der Waals surface area contributed by atoms with Gasteiger partial charge in [0.1, 0.15) is 11.8 Å². The lowest BCUT2D eigenvalue weighted by Gasteiger charge is -2.12. The first-order valence-corrected chi connectivity index (χ1v) is 10.8. The number of carbonyl (C=O) groups excluding carboxylic acids is 1. The SMILES string of the molecule is C=C(NC)c1cn2ncnc(Nc3cc(C(=O)NC4CC4)ccc3C)c2c1C.CCC. The second-order valence-corrected chi connectivity index (χ2v) is 7.91. The number of nitrogens with zero attached hydrogens (tertiary/aromatic N) is 3. The van der Waals surface area contributed by atoms with E-state index in [1.165, 1.54) is 12.7 Å². The van der Waals surface area contributed by atoms with Crippen molar-refractivity contribution in [3.8, 4) is 0 Å². The molecule has 1 fully saturated rings. The van der Waals surface area contributed by atoms with Gasteiger partial charge in [-0.2, -0.15) is 5.10 Å². The number of aromatic nitrogens is 3. The highest BCUT2D eigenvalue weighted by atomic mass is 16.1. The average Bonchev–Trinajstić information content (AvgIpc) is 3.50. The van der Waals surface area contributed by atoms with Crippen LogP contribution < -0.4 is 16.0 Å². The molecule has 1 aliphatic carbocycles. The maximum atomic E-state index is 12.4. The zero-order valence-corrected chi connectivity index (χ0v) is 19.0. The molecule has 0 atom stereocenters. The van der Waals surface area contributed by atoms with Crippen molar-refractivity contribution in [3.05, 3.63) is 59.6 Å². The molecule has 7 nitrogen and oxygen atoms in total. The van der Waals surface area contributed by atoms with E-state index in [2.05, 4.69) is 46.5 Å². The third kappa shape index (κ3) is 5.05. The van der Waals surface area contributed by atoms with Gasteiger partial charge in [-0.1, -0.05) is 32.9 Å². The summed E-state index contributed by atoms with van der Waals surface area (Å²) in [7, 11) is 1.84. The van der Waals surface area contributed by atoms with Gasteiger partial charge in [0.05, 0.1) is 0 Å². The quantitative estimate of drug-likeness (QED) is 0.543. The number of anilines is 2. The van der Waals surface area contributed by atoms with Gasteiger partial charge < -0.3 is 16.0 Å². The van der Waals surface area contributed by atoms with Gasteiger partial charge in [-0.05, 0) is 49.9 Å². The normalized spacial score (nSPS) is 12.7. The molecular formula is C24H32N6O. The summed E-state index contributed by atoms with van der Waals surface area (Å²) in [6.07, 6.45) is 6.83. The Labute approximate surface area is 184 Å². The van der Waals surface area contributed by atoms with Crippen molar-refractivity contribution >= 4 is 28.6 Å². The van der Waals surface area contributed by atoms with Crippen LogP contribution in [0.5, 0.6) is 0 Å². The molecule has 0 bridgehead atoms. The molecule has 3 aromatic rings. The lowest BCUT2D eigenvalue weighted by Crippen LogP contribution is -2.25. The van der Waals surface area contributed by atoms with Crippen LogP contribution in [0.2, 0.25) is 0 Å². The van der Waals surface area contributed by atoms with Crippen molar-refractivity contribution in [1.29, 1.82) is 0 Å². The topological polar surface area (TPSA) is 83.3 Å². The maximum Gasteiger partial charge on any atom is 0.251 e. The van der Waals surface area contributed by atoms with E-state index in [-0.39, 0.29) is 5.91 Å². The number of hydrogen-bond acceptors (Lipinski definition) is 5. The predicted octanol–water partition coefficient (Wildman–Crippen LogP) is 4.59. The van der Waals surface area contributed by atoms with Gasteiger partial charge in [-0.25, -0.2) is 9.50 Å². The second-order valence-electron chi connectivity index (χ2n) is 7.91. The van der Waals surface area contributed by atoms with Crippen LogP contribution in [0.4, 0.5) is 11.5 Å². The highest BCUT2D eigenvalue weighted by Gasteiger charge is 2.24. The molecule has 1 saturated carbocycles. The summed E-state index contributed by atoms with van der Waals surface area (Å²) in [5, 5.41) is 13.8. The van der Waals surface area contributed by atoms with Crippen molar-refractivity contribution in [1.82, 2.24) is 25.2 Å².